The molecule has 1 aliphatic rings. The van der Waals surface area contributed by atoms with E-state index in [2.05, 4.69) is 66.2 Å². The molecule has 4 aromatic rings. The fraction of sp³-hybridized carbons (Fsp3) is 0.111. The van der Waals surface area contributed by atoms with E-state index in [1.165, 1.54) is 33.1 Å². The van der Waals surface area contributed by atoms with Crippen molar-refractivity contribution < 1.29 is 4.68 Å². The maximum atomic E-state index is 4.87. The molecule has 0 bridgehead atoms. The van der Waals surface area contributed by atoms with Crippen molar-refractivity contribution in [2.45, 2.75) is 13.5 Å². The monoisotopic (exact) mass is 272 g/mol. The van der Waals surface area contributed by atoms with Crippen LogP contribution in [0, 0.1) is 6.92 Å². The lowest BCUT2D eigenvalue weighted by Crippen LogP contribution is -2.38. The highest BCUT2D eigenvalue weighted by molar-refractivity contribution is 6.02. The Bertz CT molecular complexity index is 1030. The molecule has 0 atom stereocenters. The minimum absolute atomic E-state index is 0.895. The summed E-state index contributed by atoms with van der Waals surface area (Å²) in [4.78, 5) is 2.05. The molecule has 3 heteroatoms. The number of benzene rings is 3. The lowest BCUT2D eigenvalue weighted by Gasteiger charge is -1.96. The first-order valence-corrected chi connectivity index (χ1v) is 7.22. The Hall–Kier alpha value is -2.68. The molecule has 0 saturated heterocycles. The van der Waals surface area contributed by atoms with Crippen LogP contribution in [0.15, 0.2) is 54.6 Å². The van der Waals surface area contributed by atoms with Gasteiger partial charge in [-0.2, -0.15) is 0 Å². The molecule has 0 fully saturated rings. The molecule has 1 aromatic heterocycles. The van der Waals surface area contributed by atoms with E-state index in [0.29, 0.717) is 0 Å². The highest BCUT2D eigenvalue weighted by atomic mass is 15.6. The quantitative estimate of drug-likeness (QED) is 0.397. The van der Waals surface area contributed by atoms with Gasteiger partial charge in [-0.15, -0.1) is 4.68 Å². The van der Waals surface area contributed by atoms with Crippen molar-refractivity contribution in [1.82, 2.24) is 9.90 Å². The molecule has 0 spiro atoms. The van der Waals surface area contributed by atoms with Crippen LogP contribution in [0.4, 0.5) is 0 Å². The molecular weight excluding hydrogens is 258 g/mol. The second-order valence-electron chi connectivity index (χ2n) is 5.73. The predicted molar refractivity (Wildman–Crippen MR) is 82.6 cm³/mol. The molecule has 0 amide bonds. The van der Waals surface area contributed by atoms with Gasteiger partial charge in [-0.05, 0) is 47.4 Å². The average molecular weight is 272 g/mol. The number of nitrogens with zero attached hydrogens (tertiary/aromatic N) is 3. The third-order valence-corrected chi connectivity index (χ3v) is 4.35. The zero-order valence-electron chi connectivity index (χ0n) is 11.7. The second kappa shape index (κ2) is 3.70. The zero-order valence-corrected chi connectivity index (χ0v) is 11.7. The van der Waals surface area contributed by atoms with Gasteiger partial charge in [0.25, 0.3) is 5.52 Å². The molecule has 3 aromatic carbocycles. The predicted octanol–water partition coefficient (Wildman–Crippen LogP) is 3.14. The Morgan fingerprint density at radius 2 is 1.95 bits per heavy atom. The van der Waals surface area contributed by atoms with Crippen LogP contribution >= 0.6 is 0 Å². The van der Waals surface area contributed by atoms with E-state index < -0.39 is 0 Å². The summed E-state index contributed by atoms with van der Waals surface area (Å²) in [6.45, 7) is 3.03. The van der Waals surface area contributed by atoms with E-state index in [-0.39, 0.29) is 0 Å². The molecule has 1 aliphatic heterocycles. The van der Waals surface area contributed by atoms with E-state index in [4.69, 9.17) is 5.10 Å². The van der Waals surface area contributed by atoms with Crippen LogP contribution in [0.3, 0.4) is 0 Å². The van der Waals surface area contributed by atoms with E-state index in [0.717, 1.165) is 12.1 Å². The number of aryl methyl sites for hydroxylation is 1. The lowest BCUT2D eigenvalue weighted by atomic mass is 10.1. The molecule has 0 aliphatic carbocycles. The van der Waals surface area contributed by atoms with Gasteiger partial charge in [-0.3, -0.25) is 0 Å². The van der Waals surface area contributed by atoms with Gasteiger partial charge in [0.05, 0.1) is 5.10 Å². The number of hydrogen-bond acceptors (Lipinski definition) is 1. The Morgan fingerprint density at radius 3 is 2.90 bits per heavy atom. The second-order valence-corrected chi connectivity index (χ2v) is 5.73. The van der Waals surface area contributed by atoms with Gasteiger partial charge >= 0.3 is 0 Å². The summed E-state index contributed by atoms with van der Waals surface area (Å²) in [5, 5.41) is 7.33. The highest BCUT2D eigenvalue weighted by Crippen LogP contribution is 2.26. The molecule has 0 N–H and O–H groups in total. The van der Waals surface area contributed by atoms with Gasteiger partial charge in [0.15, 0.2) is 0 Å². The summed E-state index contributed by atoms with van der Waals surface area (Å²) in [6.07, 6.45) is 0. The SMILES string of the molecule is Cc1ccc2c(c1)C[n+]1c3ccc4ccccc4c3nn1-2. The fourth-order valence-corrected chi connectivity index (χ4v) is 3.34. The third kappa shape index (κ3) is 1.38. The molecular formula is C18H14N3+. The van der Waals surface area contributed by atoms with Crippen molar-refractivity contribution >= 4 is 21.8 Å². The molecule has 3 nitrogen and oxygen atoms in total. The largest absolute Gasteiger partial charge is 0.257 e. The summed E-state index contributed by atoms with van der Waals surface area (Å²) in [7, 11) is 0. The van der Waals surface area contributed by atoms with E-state index in [1.807, 2.05) is 4.80 Å². The Morgan fingerprint density at radius 1 is 1.05 bits per heavy atom. The first-order valence-electron chi connectivity index (χ1n) is 7.22. The molecule has 2 heterocycles. The van der Waals surface area contributed by atoms with Crippen molar-refractivity contribution in [3.05, 3.63) is 65.7 Å². The van der Waals surface area contributed by atoms with Crippen molar-refractivity contribution in [3.63, 3.8) is 0 Å². The number of fused-ring (bicyclic) bond motifs is 7. The van der Waals surface area contributed by atoms with Gasteiger partial charge in [-0.1, -0.05) is 29.8 Å². The maximum Gasteiger partial charge on any atom is 0.257 e. The average Bonchev–Trinajstić information content (AvgIpc) is 3.02. The Labute approximate surface area is 122 Å². The third-order valence-electron chi connectivity index (χ3n) is 4.35. The Balaban J connectivity index is 1.89. The lowest BCUT2D eigenvalue weighted by molar-refractivity contribution is -0.732. The topological polar surface area (TPSA) is 21.7 Å². The van der Waals surface area contributed by atoms with Gasteiger partial charge < -0.3 is 0 Å². The molecule has 100 valence electrons. The van der Waals surface area contributed by atoms with Crippen LogP contribution in [0.5, 0.6) is 0 Å². The number of hydrogen-bond donors (Lipinski definition) is 0. The minimum Gasteiger partial charge on any atom is -0.143 e. The highest BCUT2D eigenvalue weighted by Gasteiger charge is 2.30. The minimum atomic E-state index is 0.895. The fourth-order valence-electron chi connectivity index (χ4n) is 3.34. The van der Waals surface area contributed by atoms with Crippen LogP contribution in [-0.2, 0) is 6.54 Å². The van der Waals surface area contributed by atoms with E-state index in [1.54, 1.807) is 0 Å². The van der Waals surface area contributed by atoms with Crippen LogP contribution in [0.25, 0.3) is 27.5 Å². The van der Waals surface area contributed by atoms with Crippen LogP contribution in [0.1, 0.15) is 11.1 Å². The molecule has 21 heavy (non-hydrogen) atoms. The molecule has 0 saturated carbocycles. The number of rotatable bonds is 0. The first-order chi connectivity index (χ1) is 10.3. The van der Waals surface area contributed by atoms with E-state index >= 15 is 0 Å². The summed E-state index contributed by atoms with van der Waals surface area (Å²) in [5.41, 5.74) is 6.12. The normalized spacial score (nSPS) is 12.8. The van der Waals surface area contributed by atoms with E-state index in [9.17, 15) is 0 Å². The van der Waals surface area contributed by atoms with Gasteiger partial charge in [0.2, 0.25) is 5.52 Å². The van der Waals surface area contributed by atoms with Crippen LogP contribution < -0.4 is 4.68 Å². The summed E-state index contributed by atoms with van der Waals surface area (Å²) < 4.78 is 2.26. The maximum absolute atomic E-state index is 4.87. The van der Waals surface area contributed by atoms with Crippen molar-refractivity contribution in [1.29, 1.82) is 0 Å². The molecule has 0 radical (unpaired) electrons. The summed E-state index contributed by atoms with van der Waals surface area (Å²) >= 11 is 0. The molecule has 5 rings (SSSR count). The van der Waals surface area contributed by atoms with Crippen molar-refractivity contribution in [2.75, 3.05) is 0 Å². The van der Waals surface area contributed by atoms with Crippen LogP contribution in [-0.4, -0.2) is 9.90 Å². The standard InChI is InChI=1S/C18H14N3/c1-12-6-8-16-14(10-12)11-20-17-9-7-13-4-2-3-5-15(13)18(17)19-21(16)20/h2-10H,11H2,1H3/q+1. The van der Waals surface area contributed by atoms with Gasteiger partial charge in [0.1, 0.15) is 12.2 Å². The molecule has 0 unspecified atom stereocenters. The zero-order chi connectivity index (χ0) is 14.0. The number of aromatic nitrogens is 3. The van der Waals surface area contributed by atoms with Gasteiger partial charge in [0, 0.05) is 10.9 Å². The summed E-state index contributed by atoms with van der Waals surface area (Å²) in [6, 6.07) is 19.4. The van der Waals surface area contributed by atoms with Crippen molar-refractivity contribution in [2.24, 2.45) is 0 Å². The smallest absolute Gasteiger partial charge is 0.143 e. The Kier molecular flexibility index (Phi) is 1.94. The summed E-state index contributed by atoms with van der Waals surface area (Å²) in [5.74, 6) is 0. The van der Waals surface area contributed by atoms with Crippen LogP contribution in [0.2, 0.25) is 0 Å². The van der Waals surface area contributed by atoms with Crippen molar-refractivity contribution in [3.8, 4) is 5.69 Å². The first kappa shape index (κ1) is 11.0. The van der Waals surface area contributed by atoms with Gasteiger partial charge in [-0.25, -0.2) is 0 Å².